The number of rotatable bonds is 2. The molecule has 0 atom stereocenters. The van der Waals surface area contributed by atoms with Crippen LogP contribution >= 0.6 is 0 Å². The summed E-state index contributed by atoms with van der Waals surface area (Å²) in [6.07, 6.45) is 0. The van der Waals surface area contributed by atoms with Crippen LogP contribution in [0.1, 0.15) is 11.3 Å². The number of anilines is 1. The Morgan fingerprint density at radius 3 is 2.50 bits per heavy atom. The number of nitrogens with zero attached hydrogens (tertiary/aromatic N) is 4. The van der Waals surface area contributed by atoms with E-state index in [0.29, 0.717) is 0 Å². The number of aromatic nitrogens is 2. The topological polar surface area (TPSA) is 45.4 Å². The summed E-state index contributed by atoms with van der Waals surface area (Å²) in [5.41, 5.74) is 5.20. The van der Waals surface area contributed by atoms with Crippen LogP contribution in [-0.4, -0.2) is 48.3 Å². The molecule has 3 aromatic rings. The summed E-state index contributed by atoms with van der Waals surface area (Å²) in [4.78, 5) is 9.58. The minimum Gasteiger partial charge on any atom is -0.369 e. The molecular weight excluding hydrogens is 300 g/mol. The quantitative estimate of drug-likeness (QED) is 0.725. The molecule has 1 aromatic carbocycles. The van der Waals surface area contributed by atoms with Crippen LogP contribution in [0.3, 0.4) is 0 Å². The average Bonchev–Trinajstić information content (AvgIpc) is 3.02. The number of aryl methyl sites for hydroxylation is 2. The first kappa shape index (κ1) is 15.1. The maximum atomic E-state index is 5.36. The van der Waals surface area contributed by atoms with Gasteiger partial charge in [0.05, 0.1) is 11.2 Å². The highest BCUT2D eigenvalue weighted by atomic mass is 16.5. The second-order valence-corrected chi connectivity index (χ2v) is 6.65. The molecule has 1 saturated heterocycles. The Morgan fingerprint density at radius 1 is 1.00 bits per heavy atom. The zero-order valence-electron chi connectivity index (χ0n) is 14.4. The molecule has 0 N–H and O–H groups in total. The van der Waals surface area contributed by atoms with Gasteiger partial charge >= 0.3 is 0 Å². The molecule has 4 rings (SSSR count). The average molecular weight is 322 g/mol. The number of fused-ring (bicyclic) bond motifs is 1. The summed E-state index contributed by atoms with van der Waals surface area (Å²) in [7, 11) is 2.18. The highest BCUT2D eigenvalue weighted by molar-refractivity contribution is 5.87. The normalized spacial score (nSPS) is 16.0. The second kappa shape index (κ2) is 5.91. The molecule has 3 heterocycles. The van der Waals surface area contributed by atoms with E-state index in [4.69, 9.17) is 9.51 Å². The van der Waals surface area contributed by atoms with Crippen molar-refractivity contribution in [1.82, 2.24) is 15.0 Å². The largest absolute Gasteiger partial charge is 0.369 e. The zero-order chi connectivity index (χ0) is 16.7. The molecule has 24 heavy (non-hydrogen) atoms. The molecule has 0 spiro atoms. The zero-order valence-corrected chi connectivity index (χ0v) is 14.4. The molecule has 1 aliphatic heterocycles. The Bertz CT molecular complexity index is 878. The first-order valence-electron chi connectivity index (χ1n) is 8.39. The molecule has 0 bridgehead atoms. The summed E-state index contributed by atoms with van der Waals surface area (Å²) >= 11 is 0. The van der Waals surface area contributed by atoms with Gasteiger partial charge in [0.15, 0.2) is 5.76 Å². The van der Waals surface area contributed by atoms with E-state index in [1.807, 2.05) is 13.0 Å². The lowest BCUT2D eigenvalue weighted by Crippen LogP contribution is -2.44. The Morgan fingerprint density at radius 2 is 1.79 bits per heavy atom. The summed E-state index contributed by atoms with van der Waals surface area (Å²) < 4.78 is 5.36. The van der Waals surface area contributed by atoms with Gasteiger partial charge in [0.2, 0.25) is 0 Å². The summed E-state index contributed by atoms with van der Waals surface area (Å²) in [6, 6.07) is 10.6. The van der Waals surface area contributed by atoms with Crippen molar-refractivity contribution in [2.75, 3.05) is 38.1 Å². The number of benzene rings is 1. The van der Waals surface area contributed by atoms with Gasteiger partial charge in [-0.3, -0.25) is 0 Å². The van der Waals surface area contributed by atoms with Crippen molar-refractivity contribution >= 4 is 16.6 Å². The Balaban J connectivity index is 1.71. The van der Waals surface area contributed by atoms with Crippen LogP contribution in [0.25, 0.3) is 22.4 Å². The minimum atomic E-state index is 0.723. The summed E-state index contributed by atoms with van der Waals surface area (Å²) in [5, 5.41) is 5.16. The van der Waals surface area contributed by atoms with Gasteiger partial charge in [-0.05, 0) is 50.7 Å². The Kier molecular flexibility index (Phi) is 3.73. The number of pyridine rings is 1. The highest BCUT2D eigenvalue weighted by Gasteiger charge is 2.16. The monoisotopic (exact) mass is 322 g/mol. The Hall–Kier alpha value is -2.40. The van der Waals surface area contributed by atoms with Crippen LogP contribution in [0.4, 0.5) is 5.69 Å². The maximum Gasteiger partial charge on any atom is 0.185 e. The molecule has 5 heteroatoms. The van der Waals surface area contributed by atoms with Crippen molar-refractivity contribution < 1.29 is 4.52 Å². The molecular formula is C19H22N4O. The Labute approximate surface area is 141 Å². The van der Waals surface area contributed by atoms with E-state index in [9.17, 15) is 0 Å². The molecule has 1 fully saturated rings. The van der Waals surface area contributed by atoms with E-state index in [0.717, 1.165) is 48.8 Å². The van der Waals surface area contributed by atoms with E-state index in [1.165, 1.54) is 16.6 Å². The molecule has 0 saturated carbocycles. The third kappa shape index (κ3) is 2.76. The van der Waals surface area contributed by atoms with Gasteiger partial charge in [-0.25, -0.2) is 4.98 Å². The van der Waals surface area contributed by atoms with Gasteiger partial charge in [-0.1, -0.05) is 5.16 Å². The summed E-state index contributed by atoms with van der Waals surface area (Å²) in [6.45, 7) is 8.42. The van der Waals surface area contributed by atoms with E-state index in [1.54, 1.807) is 0 Å². The first-order chi connectivity index (χ1) is 11.6. The van der Waals surface area contributed by atoms with E-state index >= 15 is 0 Å². The fraction of sp³-hybridized carbons (Fsp3) is 0.368. The van der Waals surface area contributed by atoms with Crippen LogP contribution in [-0.2, 0) is 0 Å². The molecule has 2 aromatic heterocycles. The van der Waals surface area contributed by atoms with Crippen LogP contribution in [0.15, 0.2) is 34.9 Å². The van der Waals surface area contributed by atoms with Gasteiger partial charge in [0.25, 0.3) is 0 Å². The second-order valence-electron chi connectivity index (χ2n) is 6.65. The van der Waals surface area contributed by atoms with Crippen LogP contribution < -0.4 is 4.90 Å². The number of piperazine rings is 1. The fourth-order valence-electron chi connectivity index (χ4n) is 3.25. The van der Waals surface area contributed by atoms with Crippen molar-refractivity contribution in [2.24, 2.45) is 0 Å². The molecule has 0 radical (unpaired) electrons. The van der Waals surface area contributed by atoms with Crippen molar-refractivity contribution in [3.63, 3.8) is 0 Å². The fourth-order valence-corrected chi connectivity index (χ4v) is 3.25. The lowest BCUT2D eigenvalue weighted by atomic mass is 10.1. The minimum absolute atomic E-state index is 0.723. The molecule has 124 valence electrons. The molecule has 0 amide bonds. The maximum absolute atomic E-state index is 5.36. The standard InChI is InChI=1S/C19H22N4O/c1-13-10-18(19-11-14(2)21-24-19)20-17-5-4-15(12-16(13)17)23-8-6-22(3)7-9-23/h4-5,10-12H,6-9H2,1-3H3. The van der Waals surface area contributed by atoms with Gasteiger partial charge in [0.1, 0.15) is 5.69 Å². The predicted molar refractivity (Wildman–Crippen MR) is 96.4 cm³/mol. The van der Waals surface area contributed by atoms with Crippen LogP contribution in [0.5, 0.6) is 0 Å². The molecule has 5 nitrogen and oxygen atoms in total. The van der Waals surface area contributed by atoms with Gasteiger partial charge < -0.3 is 14.3 Å². The van der Waals surface area contributed by atoms with Crippen molar-refractivity contribution in [3.05, 3.63) is 41.6 Å². The third-order valence-electron chi connectivity index (χ3n) is 4.75. The summed E-state index contributed by atoms with van der Waals surface area (Å²) in [5.74, 6) is 0.723. The lowest BCUT2D eigenvalue weighted by molar-refractivity contribution is 0.313. The molecule has 1 aliphatic rings. The lowest BCUT2D eigenvalue weighted by Gasteiger charge is -2.34. The predicted octanol–water partition coefficient (Wildman–Crippen LogP) is 3.26. The van der Waals surface area contributed by atoms with E-state index in [2.05, 4.69) is 53.2 Å². The number of hydrogen-bond acceptors (Lipinski definition) is 5. The van der Waals surface area contributed by atoms with E-state index < -0.39 is 0 Å². The molecule has 0 unspecified atom stereocenters. The van der Waals surface area contributed by atoms with Crippen LogP contribution in [0.2, 0.25) is 0 Å². The van der Waals surface area contributed by atoms with Gasteiger partial charge in [-0.2, -0.15) is 0 Å². The van der Waals surface area contributed by atoms with Gasteiger partial charge in [0, 0.05) is 43.3 Å². The number of likely N-dealkylation sites (N-methyl/N-ethyl adjacent to an activating group) is 1. The van der Waals surface area contributed by atoms with Crippen molar-refractivity contribution in [3.8, 4) is 11.5 Å². The van der Waals surface area contributed by atoms with Crippen LogP contribution in [0, 0.1) is 13.8 Å². The smallest absolute Gasteiger partial charge is 0.185 e. The van der Waals surface area contributed by atoms with Crippen molar-refractivity contribution in [2.45, 2.75) is 13.8 Å². The third-order valence-corrected chi connectivity index (χ3v) is 4.75. The van der Waals surface area contributed by atoms with Crippen molar-refractivity contribution in [1.29, 1.82) is 0 Å². The highest BCUT2D eigenvalue weighted by Crippen LogP contribution is 2.28. The SMILES string of the molecule is Cc1cc(-c2cc(C)c3cc(N4CCN(C)CC4)ccc3n2)on1. The van der Waals surface area contributed by atoms with Gasteiger partial charge in [-0.15, -0.1) is 0 Å². The number of hydrogen-bond donors (Lipinski definition) is 0. The first-order valence-corrected chi connectivity index (χ1v) is 8.39. The molecule has 0 aliphatic carbocycles. The van der Waals surface area contributed by atoms with E-state index in [-0.39, 0.29) is 0 Å².